The molecular formula is C34H31ClN2O6. The Bertz CT molecular complexity index is 1560. The lowest BCUT2D eigenvalue weighted by Crippen LogP contribution is -2.39. The van der Waals surface area contributed by atoms with Gasteiger partial charge in [-0.25, -0.2) is 4.79 Å². The highest BCUT2D eigenvalue weighted by Crippen LogP contribution is 2.28. The zero-order valence-electron chi connectivity index (χ0n) is 23.3. The number of anilines is 1. The summed E-state index contributed by atoms with van der Waals surface area (Å²) in [5, 5.41) is 15.7. The third-order valence-electron chi connectivity index (χ3n) is 7.20. The highest BCUT2D eigenvalue weighted by molar-refractivity contribution is 6.30. The van der Waals surface area contributed by atoms with Crippen molar-refractivity contribution in [3.8, 4) is 17.2 Å². The third-order valence-corrected chi connectivity index (χ3v) is 7.45. The van der Waals surface area contributed by atoms with Crippen molar-refractivity contribution in [3.05, 3.63) is 119 Å². The molecule has 0 atom stereocenters. The first-order chi connectivity index (χ1) is 20.8. The second-order valence-electron chi connectivity index (χ2n) is 10.4. The predicted molar refractivity (Wildman–Crippen MR) is 164 cm³/mol. The van der Waals surface area contributed by atoms with Gasteiger partial charge in [-0.1, -0.05) is 35.9 Å². The van der Waals surface area contributed by atoms with Crippen LogP contribution in [0.3, 0.4) is 0 Å². The van der Waals surface area contributed by atoms with E-state index in [0.29, 0.717) is 22.1 Å². The van der Waals surface area contributed by atoms with Crippen LogP contribution in [0, 0.1) is 0 Å². The van der Waals surface area contributed by atoms with Crippen molar-refractivity contribution < 1.29 is 29.0 Å². The fourth-order valence-corrected chi connectivity index (χ4v) is 5.07. The van der Waals surface area contributed by atoms with Gasteiger partial charge >= 0.3 is 5.97 Å². The predicted octanol–water partition coefficient (Wildman–Crippen LogP) is 7.13. The van der Waals surface area contributed by atoms with Crippen LogP contribution in [0.1, 0.15) is 52.0 Å². The van der Waals surface area contributed by atoms with Crippen molar-refractivity contribution in [1.82, 2.24) is 5.32 Å². The van der Waals surface area contributed by atoms with Gasteiger partial charge in [0, 0.05) is 16.6 Å². The van der Waals surface area contributed by atoms with Gasteiger partial charge in [0.2, 0.25) is 5.91 Å². The molecule has 9 heteroatoms. The number of carboxylic acid groups (broad SMARTS) is 1. The number of halogens is 1. The molecule has 2 amide bonds. The van der Waals surface area contributed by atoms with Gasteiger partial charge in [0.15, 0.2) is 0 Å². The normalized spacial score (nSPS) is 16.1. The summed E-state index contributed by atoms with van der Waals surface area (Å²) in [7, 11) is 0. The van der Waals surface area contributed by atoms with E-state index in [1.165, 1.54) is 6.07 Å². The van der Waals surface area contributed by atoms with Gasteiger partial charge in [-0.15, -0.1) is 0 Å². The Morgan fingerprint density at radius 2 is 1.37 bits per heavy atom. The standard InChI is InChI=1S/C34H31ClN2O6/c35-24-9-7-23(8-10-24)33(39)36-25-11-15-27(16-12-25)43-29-19-17-28(18-20-29)42-26-13-5-22(6-14-26)21-32(38)37-31-4-2-1-3-30(31)34(40)41/h1-10,13-14,17-20,25,27H,11-12,15-16,21H2,(H,36,39)(H,37,38)(H,40,41). The van der Waals surface area contributed by atoms with E-state index in [2.05, 4.69) is 10.6 Å². The van der Waals surface area contributed by atoms with Gasteiger partial charge in [-0.2, -0.15) is 0 Å². The summed E-state index contributed by atoms with van der Waals surface area (Å²) in [5.74, 6) is 0.527. The number of benzene rings is 4. The number of hydrogen-bond acceptors (Lipinski definition) is 5. The third kappa shape index (κ3) is 8.36. The van der Waals surface area contributed by atoms with E-state index in [1.54, 1.807) is 66.7 Å². The summed E-state index contributed by atoms with van der Waals surface area (Å²) >= 11 is 5.91. The van der Waals surface area contributed by atoms with E-state index in [0.717, 1.165) is 37.0 Å². The number of carbonyl (C=O) groups is 3. The largest absolute Gasteiger partial charge is 0.490 e. The summed E-state index contributed by atoms with van der Waals surface area (Å²) in [6.07, 6.45) is 3.56. The average Bonchev–Trinajstić information content (AvgIpc) is 3.00. The van der Waals surface area contributed by atoms with Crippen LogP contribution >= 0.6 is 11.6 Å². The highest BCUT2D eigenvalue weighted by atomic mass is 35.5. The van der Waals surface area contributed by atoms with E-state index in [9.17, 15) is 19.5 Å². The smallest absolute Gasteiger partial charge is 0.337 e. The molecule has 8 nitrogen and oxygen atoms in total. The minimum atomic E-state index is -1.10. The van der Waals surface area contributed by atoms with Crippen LogP contribution in [0.15, 0.2) is 97.1 Å². The van der Waals surface area contributed by atoms with Crippen molar-refractivity contribution in [2.45, 2.75) is 44.2 Å². The van der Waals surface area contributed by atoms with Crippen LogP contribution in [0.5, 0.6) is 17.2 Å². The Balaban J connectivity index is 1.06. The van der Waals surface area contributed by atoms with E-state index in [1.807, 2.05) is 24.3 Å². The SMILES string of the molecule is O=C(Cc1ccc(Oc2ccc(OC3CCC(NC(=O)c4ccc(Cl)cc4)CC3)cc2)cc1)Nc1ccccc1C(=O)O. The number of aromatic carboxylic acids is 1. The number of carboxylic acids is 1. The summed E-state index contributed by atoms with van der Waals surface area (Å²) in [6.45, 7) is 0. The monoisotopic (exact) mass is 598 g/mol. The van der Waals surface area contributed by atoms with Crippen molar-refractivity contribution >= 4 is 35.1 Å². The lowest BCUT2D eigenvalue weighted by molar-refractivity contribution is -0.115. The van der Waals surface area contributed by atoms with Crippen molar-refractivity contribution in [1.29, 1.82) is 0 Å². The maximum absolute atomic E-state index is 12.5. The molecule has 5 rings (SSSR count). The zero-order chi connectivity index (χ0) is 30.2. The average molecular weight is 599 g/mol. The Morgan fingerprint density at radius 1 is 0.767 bits per heavy atom. The number of para-hydroxylation sites is 1. The molecule has 1 aliphatic carbocycles. The van der Waals surface area contributed by atoms with Gasteiger partial charge in [-0.05, 0) is 104 Å². The molecule has 4 aromatic rings. The van der Waals surface area contributed by atoms with E-state index < -0.39 is 5.97 Å². The minimum absolute atomic E-state index is 0.0413. The number of ether oxygens (including phenoxy) is 2. The molecule has 0 unspecified atom stereocenters. The molecule has 0 bridgehead atoms. The molecule has 0 radical (unpaired) electrons. The van der Waals surface area contributed by atoms with Crippen LogP contribution in [0.4, 0.5) is 5.69 Å². The Hall–Kier alpha value is -4.82. The topological polar surface area (TPSA) is 114 Å². The lowest BCUT2D eigenvalue weighted by atomic mass is 9.92. The summed E-state index contributed by atoms with van der Waals surface area (Å²) in [5.41, 5.74) is 1.67. The van der Waals surface area contributed by atoms with Crippen LogP contribution in [-0.4, -0.2) is 35.0 Å². The second kappa shape index (κ2) is 13.9. The van der Waals surface area contributed by atoms with Gasteiger partial charge in [0.25, 0.3) is 5.91 Å². The molecular weight excluding hydrogens is 568 g/mol. The van der Waals surface area contributed by atoms with Crippen molar-refractivity contribution in [3.63, 3.8) is 0 Å². The first kappa shape index (κ1) is 29.7. The Labute approximate surface area is 254 Å². The Morgan fingerprint density at radius 3 is 2.02 bits per heavy atom. The number of nitrogens with one attached hydrogen (secondary N) is 2. The summed E-state index contributed by atoms with van der Waals surface area (Å²) in [4.78, 5) is 36.3. The molecule has 0 aliphatic heterocycles. The quantitative estimate of drug-likeness (QED) is 0.179. The Kier molecular flexibility index (Phi) is 9.59. The molecule has 0 aromatic heterocycles. The van der Waals surface area contributed by atoms with Crippen molar-refractivity contribution in [2.24, 2.45) is 0 Å². The van der Waals surface area contributed by atoms with Crippen LogP contribution in [0.2, 0.25) is 5.02 Å². The van der Waals surface area contributed by atoms with E-state index in [-0.39, 0.29) is 41.6 Å². The van der Waals surface area contributed by atoms with Crippen LogP contribution in [0.25, 0.3) is 0 Å². The first-order valence-electron chi connectivity index (χ1n) is 14.0. The van der Waals surface area contributed by atoms with Gasteiger partial charge in [0.1, 0.15) is 17.2 Å². The number of amides is 2. The lowest BCUT2D eigenvalue weighted by Gasteiger charge is -2.29. The molecule has 1 saturated carbocycles. The van der Waals surface area contributed by atoms with Crippen molar-refractivity contribution in [2.75, 3.05) is 5.32 Å². The fourth-order valence-electron chi connectivity index (χ4n) is 4.94. The van der Waals surface area contributed by atoms with E-state index in [4.69, 9.17) is 21.1 Å². The second-order valence-corrected chi connectivity index (χ2v) is 10.8. The maximum Gasteiger partial charge on any atom is 0.337 e. The van der Waals surface area contributed by atoms with E-state index >= 15 is 0 Å². The molecule has 220 valence electrons. The van der Waals surface area contributed by atoms with Crippen LogP contribution in [-0.2, 0) is 11.2 Å². The molecule has 0 saturated heterocycles. The summed E-state index contributed by atoms with van der Waals surface area (Å²) < 4.78 is 12.1. The molecule has 1 fully saturated rings. The minimum Gasteiger partial charge on any atom is -0.490 e. The molecule has 3 N–H and O–H groups in total. The van der Waals surface area contributed by atoms with Crippen LogP contribution < -0.4 is 20.1 Å². The molecule has 0 spiro atoms. The maximum atomic E-state index is 12.5. The number of rotatable bonds is 10. The van der Waals surface area contributed by atoms with Gasteiger partial charge in [-0.3, -0.25) is 9.59 Å². The zero-order valence-corrected chi connectivity index (χ0v) is 24.1. The molecule has 1 aliphatic rings. The molecule has 43 heavy (non-hydrogen) atoms. The number of hydrogen-bond donors (Lipinski definition) is 3. The van der Waals surface area contributed by atoms with Gasteiger partial charge < -0.3 is 25.2 Å². The number of carbonyl (C=O) groups excluding carboxylic acids is 2. The summed E-state index contributed by atoms with van der Waals surface area (Å²) in [6, 6.07) is 27.9. The molecule has 0 heterocycles. The fraction of sp³-hybridized carbons (Fsp3) is 0.206. The highest BCUT2D eigenvalue weighted by Gasteiger charge is 2.24. The first-order valence-corrected chi connectivity index (χ1v) is 14.4. The van der Waals surface area contributed by atoms with Gasteiger partial charge in [0.05, 0.1) is 23.8 Å². The molecule has 4 aromatic carbocycles.